The van der Waals surface area contributed by atoms with Crippen LogP contribution in [0.3, 0.4) is 0 Å². The van der Waals surface area contributed by atoms with Crippen molar-refractivity contribution in [2.75, 3.05) is 13.6 Å². The third kappa shape index (κ3) is 2.26. The van der Waals surface area contributed by atoms with E-state index in [1.807, 2.05) is 0 Å². The molecule has 5 rings (SSSR count). The van der Waals surface area contributed by atoms with Gasteiger partial charge in [0.2, 0.25) is 0 Å². The van der Waals surface area contributed by atoms with E-state index in [4.69, 9.17) is 9.78 Å². The molecule has 0 saturated carbocycles. The zero-order valence-electron chi connectivity index (χ0n) is 14.7. The van der Waals surface area contributed by atoms with Crippen LogP contribution in [0.2, 0.25) is 0 Å². The van der Waals surface area contributed by atoms with Crippen molar-refractivity contribution < 1.29 is 14.2 Å². The lowest BCUT2D eigenvalue weighted by atomic mass is 9.73. The first-order valence-electron chi connectivity index (χ1n) is 9.07. The van der Waals surface area contributed by atoms with E-state index >= 15 is 0 Å². The molecule has 0 N–H and O–H groups in total. The van der Waals surface area contributed by atoms with E-state index in [2.05, 4.69) is 41.9 Å². The van der Waals surface area contributed by atoms with Crippen molar-refractivity contribution in [3.8, 4) is 5.75 Å². The van der Waals surface area contributed by atoms with Gasteiger partial charge >= 0.3 is 0 Å². The second kappa shape index (κ2) is 5.58. The van der Waals surface area contributed by atoms with Gasteiger partial charge in [0.25, 0.3) is 0 Å². The highest BCUT2D eigenvalue weighted by Crippen LogP contribution is 2.50. The lowest BCUT2D eigenvalue weighted by Crippen LogP contribution is -2.33. The van der Waals surface area contributed by atoms with Crippen LogP contribution in [0.5, 0.6) is 5.75 Å². The van der Waals surface area contributed by atoms with Gasteiger partial charge in [-0.3, -0.25) is 0 Å². The van der Waals surface area contributed by atoms with Gasteiger partial charge in [-0.1, -0.05) is 0 Å². The highest BCUT2D eigenvalue weighted by Gasteiger charge is 2.46. The summed E-state index contributed by atoms with van der Waals surface area (Å²) in [6.45, 7) is 1.26. The molecule has 0 bridgehead atoms. The number of nitrogens with zero attached hydrogens (tertiary/aromatic N) is 2. The Morgan fingerprint density at radius 1 is 1.32 bits per heavy atom. The predicted molar refractivity (Wildman–Crippen MR) is 91.9 cm³/mol. The first-order chi connectivity index (χ1) is 12.1. The Morgan fingerprint density at radius 2 is 2.20 bits per heavy atom. The predicted octanol–water partition coefficient (Wildman–Crippen LogP) is 3.19. The summed E-state index contributed by atoms with van der Waals surface area (Å²) in [6, 6.07) is 6.36. The summed E-state index contributed by atoms with van der Waals surface area (Å²) in [5.74, 6) is 1.43. The Balaban J connectivity index is 1.51. The Hall–Kier alpha value is -1.85. The van der Waals surface area contributed by atoms with Crippen LogP contribution in [0.4, 0.5) is 4.39 Å². The Labute approximate surface area is 147 Å². The van der Waals surface area contributed by atoms with E-state index in [0.29, 0.717) is 18.6 Å². The summed E-state index contributed by atoms with van der Waals surface area (Å²) >= 11 is 0. The Kier molecular flexibility index (Phi) is 3.44. The number of rotatable bonds is 2. The molecule has 2 aliphatic heterocycles. The van der Waals surface area contributed by atoms with E-state index in [0.717, 1.165) is 48.2 Å². The van der Waals surface area contributed by atoms with E-state index in [9.17, 15) is 4.39 Å². The standard InChI is InChI=1S/C20H23FN2O2/c1-22-7-3-4-13(22)9-18-14-5-6-15-19(16(14)10-23(18)2)17(21)8-12-11-24-25-20(12)15/h3-4,7-8,14,16,18H,5-6,9-11H2,1-2H3. The van der Waals surface area contributed by atoms with E-state index in [1.165, 1.54) is 5.69 Å². The van der Waals surface area contributed by atoms with Crippen LogP contribution in [0, 0.1) is 11.7 Å². The quantitative estimate of drug-likeness (QED) is 0.784. The zero-order chi connectivity index (χ0) is 17.1. The smallest absolute Gasteiger partial charge is 0.174 e. The van der Waals surface area contributed by atoms with Crippen LogP contribution in [-0.2, 0) is 31.4 Å². The minimum absolute atomic E-state index is 0.0783. The van der Waals surface area contributed by atoms with Crippen LogP contribution >= 0.6 is 0 Å². The van der Waals surface area contributed by atoms with Crippen LogP contribution in [-0.4, -0.2) is 29.1 Å². The van der Waals surface area contributed by atoms with Crippen LogP contribution < -0.4 is 4.89 Å². The molecule has 25 heavy (non-hydrogen) atoms. The first-order valence-corrected chi connectivity index (χ1v) is 9.07. The lowest BCUT2D eigenvalue weighted by Gasteiger charge is -2.32. The summed E-state index contributed by atoms with van der Waals surface area (Å²) in [4.78, 5) is 12.9. The average molecular weight is 342 g/mol. The molecule has 1 aromatic carbocycles. The van der Waals surface area contributed by atoms with Crippen molar-refractivity contribution >= 4 is 0 Å². The highest BCUT2D eigenvalue weighted by atomic mass is 19.1. The van der Waals surface area contributed by atoms with Gasteiger partial charge in [0.1, 0.15) is 12.4 Å². The van der Waals surface area contributed by atoms with Crippen molar-refractivity contribution in [2.45, 2.75) is 37.8 Å². The van der Waals surface area contributed by atoms with Crippen molar-refractivity contribution in [3.63, 3.8) is 0 Å². The molecule has 0 radical (unpaired) electrons. The zero-order valence-corrected chi connectivity index (χ0v) is 14.7. The average Bonchev–Trinajstić information content (AvgIpc) is 3.28. The number of benzene rings is 1. The minimum Gasteiger partial charge on any atom is -0.354 e. The molecule has 1 aromatic heterocycles. The topological polar surface area (TPSA) is 26.6 Å². The molecule has 3 aliphatic rings. The van der Waals surface area contributed by atoms with Gasteiger partial charge in [-0.2, -0.15) is 4.89 Å². The fourth-order valence-corrected chi connectivity index (χ4v) is 5.18. The minimum atomic E-state index is -0.0783. The largest absolute Gasteiger partial charge is 0.354 e. The molecule has 3 heterocycles. The number of fused-ring (bicyclic) bond motifs is 5. The van der Waals surface area contributed by atoms with Crippen LogP contribution in [0.15, 0.2) is 24.4 Å². The molecule has 0 spiro atoms. The monoisotopic (exact) mass is 342 g/mol. The molecular formula is C20H23FN2O2. The van der Waals surface area contributed by atoms with Crippen LogP contribution in [0.25, 0.3) is 0 Å². The number of likely N-dealkylation sites (tertiary alicyclic amines) is 1. The van der Waals surface area contributed by atoms with Gasteiger partial charge in [-0.05, 0) is 49.6 Å². The molecule has 1 aliphatic carbocycles. The normalized spacial score (nSPS) is 27.7. The number of halogens is 1. The SMILES string of the molecule is CN1CC2c3c(F)cc4c(c3CCC2C1Cc1cccn1C)OOC4. The Morgan fingerprint density at radius 3 is 3.00 bits per heavy atom. The maximum absolute atomic E-state index is 14.9. The van der Waals surface area contributed by atoms with Gasteiger partial charge in [0.05, 0.1) is 0 Å². The molecule has 4 nitrogen and oxygen atoms in total. The molecule has 2 aromatic rings. The molecule has 5 heteroatoms. The highest BCUT2D eigenvalue weighted by molar-refractivity contribution is 5.51. The molecular weight excluding hydrogens is 319 g/mol. The molecule has 132 valence electrons. The number of hydrogen-bond donors (Lipinski definition) is 0. The molecule has 0 amide bonds. The summed E-state index contributed by atoms with van der Waals surface area (Å²) in [5, 5.41) is 0. The van der Waals surface area contributed by atoms with E-state index < -0.39 is 0 Å². The summed E-state index contributed by atoms with van der Waals surface area (Å²) < 4.78 is 17.1. The second-order valence-electron chi connectivity index (χ2n) is 7.71. The molecule has 3 atom stereocenters. The van der Waals surface area contributed by atoms with Crippen LogP contribution in [0.1, 0.15) is 34.7 Å². The summed E-state index contributed by atoms with van der Waals surface area (Å²) in [5.41, 5.74) is 4.11. The number of aromatic nitrogens is 1. The van der Waals surface area contributed by atoms with E-state index in [1.54, 1.807) is 6.07 Å². The van der Waals surface area contributed by atoms with Crippen molar-refractivity contribution in [2.24, 2.45) is 13.0 Å². The van der Waals surface area contributed by atoms with Gasteiger partial charge in [-0.25, -0.2) is 4.39 Å². The van der Waals surface area contributed by atoms with E-state index in [-0.39, 0.29) is 11.7 Å². The third-order valence-corrected chi connectivity index (χ3v) is 6.44. The van der Waals surface area contributed by atoms with Crippen molar-refractivity contribution in [3.05, 3.63) is 52.6 Å². The first kappa shape index (κ1) is 15.4. The van der Waals surface area contributed by atoms with Gasteiger partial charge in [0.15, 0.2) is 5.75 Å². The van der Waals surface area contributed by atoms with Crippen molar-refractivity contribution in [1.29, 1.82) is 0 Å². The molecule has 1 saturated heterocycles. The maximum atomic E-state index is 14.9. The maximum Gasteiger partial charge on any atom is 0.174 e. The number of hydrogen-bond acceptors (Lipinski definition) is 3. The van der Waals surface area contributed by atoms with Crippen molar-refractivity contribution in [1.82, 2.24) is 9.47 Å². The molecule has 3 unspecified atom stereocenters. The number of likely N-dealkylation sites (N-methyl/N-ethyl adjacent to an activating group) is 1. The fourth-order valence-electron chi connectivity index (χ4n) is 5.18. The lowest BCUT2D eigenvalue weighted by molar-refractivity contribution is -0.195. The third-order valence-electron chi connectivity index (χ3n) is 6.44. The van der Waals surface area contributed by atoms with Gasteiger partial charge in [0, 0.05) is 55.0 Å². The summed E-state index contributed by atoms with van der Waals surface area (Å²) in [6.07, 6.45) is 5.06. The Bertz CT molecular complexity index is 831. The summed E-state index contributed by atoms with van der Waals surface area (Å²) in [7, 11) is 4.27. The molecule has 1 fully saturated rings. The van der Waals surface area contributed by atoms with Gasteiger partial charge < -0.3 is 14.4 Å². The fraction of sp³-hybridized carbons (Fsp3) is 0.500. The van der Waals surface area contributed by atoms with Gasteiger partial charge in [-0.15, -0.1) is 0 Å². The second-order valence-corrected chi connectivity index (χ2v) is 7.71. The number of aryl methyl sites for hydroxylation is 1.